The topological polar surface area (TPSA) is 76.2 Å². The number of carbonyl (C=O) groups is 1. The highest BCUT2D eigenvalue weighted by Crippen LogP contribution is 2.30. The fourth-order valence-electron chi connectivity index (χ4n) is 1.86. The van der Waals surface area contributed by atoms with Gasteiger partial charge in [0.25, 0.3) is 0 Å². The first kappa shape index (κ1) is 11.3. The van der Waals surface area contributed by atoms with Gasteiger partial charge in [-0.3, -0.25) is 0 Å². The van der Waals surface area contributed by atoms with Gasteiger partial charge in [-0.1, -0.05) is 0 Å². The molecule has 16 heavy (non-hydrogen) atoms. The summed E-state index contributed by atoms with van der Waals surface area (Å²) in [6.07, 6.45) is 2.26. The summed E-state index contributed by atoms with van der Waals surface area (Å²) in [6.45, 7) is 0. The molecular formula is C11H14N2O2S. The summed E-state index contributed by atoms with van der Waals surface area (Å²) < 4.78 is 0. The van der Waals surface area contributed by atoms with Crippen molar-refractivity contribution in [1.29, 1.82) is 0 Å². The Morgan fingerprint density at radius 1 is 1.56 bits per heavy atom. The molecule has 1 aliphatic heterocycles. The van der Waals surface area contributed by atoms with Gasteiger partial charge in [0.15, 0.2) is 5.69 Å². The average Bonchev–Trinajstić information content (AvgIpc) is 2.30. The smallest absolute Gasteiger partial charge is 0.356 e. The van der Waals surface area contributed by atoms with Crippen LogP contribution >= 0.6 is 11.8 Å². The van der Waals surface area contributed by atoms with Gasteiger partial charge in [0.2, 0.25) is 0 Å². The maximum Gasteiger partial charge on any atom is 0.356 e. The lowest BCUT2D eigenvalue weighted by Crippen LogP contribution is -2.14. The van der Waals surface area contributed by atoms with E-state index in [-0.39, 0.29) is 11.4 Å². The van der Waals surface area contributed by atoms with Crippen LogP contribution in [0.15, 0.2) is 12.1 Å². The number of hydrogen-bond donors (Lipinski definition) is 2. The highest BCUT2D eigenvalue weighted by Gasteiger charge is 2.19. The van der Waals surface area contributed by atoms with Gasteiger partial charge in [-0.05, 0) is 30.7 Å². The fraction of sp³-hybridized carbons (Fsp3) is 0.455. The Bertz CT molecular complexity index is 403. The zero-order valence-corrected chi connectivity index (χ0v) is 9.67. The SMILES string of the molecule is Nc1ccc(C2CCCSC2)nc1C(=O)O. The van der Waals surface area contributed by atoms with Crippen molar-refractivity contribution >= 4 is 23.4 Å². The van der Waals surface area contributed by atoms with Gasteiger partial charge in [0.1, 0.15) is 0 Å². The highest BCUT2D eigenvalue weighted by molar-refractivity contribution is 7.99. The molecular weight excluding hydrogens is 224 g/mol. The summed E-state index contributed by atoms with van der Waals surface area (Å²) in [6, 6.07) is 3.49. The molecule has 0 spiro atoms. The van der Waals surface area contributed by atoms with E-state index >= 15 is 0 Å². The minimum atomic E-state index is -1.05. The molecule has 2 rings (SSSR count). The van der Waals surface area contributed by atoms with Gasteiger partial charge in [-0.2, -0.15) is 11.8 Å². The Hall–Kier alpha value is -1.23. The van der Waals surface area contributed by atoms with E-state index in [1.165, 1.54) is 12.2 Å². The molecule has 3 N–H and O–H groups in total. The Morgan fingerprint density at radius 3 is 3.00 bits per heavy atom. The van der Waals surface area contributed by atoms with Crippen molar-refractivity contribution in [3.8, 4) is 0 Å². The lowest BCUT2D eigenvalue weighted by Gasteiger charge is -2.21. The third-order valence-electron chi connectivity index (χ3n) is 2.73. The van der Waals surface area contributed by atoms with E-state index in [2.05, 4.69) is 4.98 Å². The number of thioether (sulfide) groups is 1. The predicted molar refractivity (Wildman–Crippen MR) is 64.9 cm³/mol. The molecule has 0 aromatic carbocycles. The van der Waals surface area contributed by atoms with E-state index in [1.807, 2.05) is 17.8 Å². The monoisotopic (exact) mass is 238 g/mol. The highest BCUT2D eigenvalue weighted by atomic mass is 32.2. The Labute approximate surface area is 98.3 Å². The van der Waals surface area contributed by atoms with Crippen LogP contribution in [0.2, 0.25) is 0 Å². The Morgan fingerprint density at radius 2 is 2.38 bits per heavy atom. The molecule has 86 valence electrons. The van der Waals surface area contributed by atoms with E-state index in [1.54, 1.807) is 6.07 Å². The second kappa shape index (κ2) is 4.74. The zero-order chi connectivity index (χ0) is 11.5. The van der Waals surface area contributed by atoms with Crippen LogP contribution in [0.25, 0.3) is 0 Å². The standard InChI is InChI=1S/C11H14N2O2S/c12-8-3-4-9(13-10(8)11(14)15)7-2-1-5-16-6-7/h3-4,7H,1-2,5-6,12H2,(H,14,15). The number of nitrogens with zero attached hydrogens (tertiary/aromatic N) is 1. The molecule has 1 unspecified atom stereocenters. The second-order valence-corrected chi connectivity index (χ2v) is 5.04. The van der Waals surface area contributed by atoms with Crippen molar-refractivity contribution in [2.24, 2.45) is 0 Å². The molecule has 0 aliphatic carbocycles. The number of carboxylic acids is 1. The van der Waals surface area contributed by atoms with Gasteiger partial charge in [-0.25, -0.2) is 9.78 Å². The third-order valence-corrected chi connectivity index (χ3v) is 3.94. The predicted octanol–water partition coefficient (Wildman–Crippen LogP) is 1.97. The molecule has 5 heteroatoms. The summed E-state index contributed by atoms with van der Waals surface area (Å²) in [5.74, 6) is 1.54. The summed E-state index contributed by atoms with van der Waals surface area (Å²) >= 11 is 1.90. The molecule has 0 amide bonds. The number of aromatic carboxylic acids is 1. The second-order valence-electron chi connectivity index (χ2n) is 3.89. The number of hydrogen-bond acceptors (Lipinski definition) is 4. The maximum absolute atomic E-state index is 10.9. The molecule has 1 atom stereocenters. The molecule has 1 aromatic rings. The number of anilines is 1. The van der Waals surface area contributed by atoms with Crippen LogP contribution < -0.4 is 5.73 Å². The molecule has 1 aliphatic rings. The minimum Gasteiger partial charge on any atom is -0.476 e. The number of pyridine rings is 1. The molecule has 1 aromatic heterocycles. The lowest BCUT2D eigenvalue weighted by molar-refractivity contribution is 0.0691. The van der Waals surface area contributed by atoms with Crippen molar-refractivity contribution in [3.63, 3.8) is 0 Å². The van der Waals surface area contributed by atoms with E-state index in [4.69, 9.17) is 10.8 Å². The van der Waals surface area contributed by atoms with Crippen LogP contribution in [0.1, 0.15) is 34.9 Å². The molecule has 4 nitrogen and oxygen atoms in total. The van der Waals surface area contributed by atoms with Crippen LogP contribution in [0.3, 0.4) is 0 Å². The van der Waals surface area contributed by atoms with Gasteiger partial charge >= 0.3 is 5.97 Å². The van der Waals surface area contributed by atoms with Gasteiger partial charge < -0.3 is 10.8 Å². The van der Waals surface area contributed by atoms with E-state index < -0.39 is 5.97 Å². The first-order chi connectivity index (χ1) is 7.68. The van der Waals surface area contributed by atoms with Crippen molar-refractivity contribution in [2.45, 2.75) is 18.8 Å². The van der Waals surface area contributed by atoms with Crippen molar-refractivity contribution in [3.05, 3.63) is 23.5 Å². The quantitative estimate of drug-likeness (QED) is 0.823. The summed E-state index contributed by atoms with van der Waals surface area (Å²) in [4.78, 5) is 15.1. The van der Waals surface area contributed by atoms with Crippen molar-refractivity contribution in [2.75, 3.05) is 17.2 Å². The molecule has 2 heterocycles. The first-order valence-corrected chi connectivity index (χ1v) is 6.41. The average molecular weight is 238 g/mol. The fourth-order valence-corrected chi connectivity index (χ4v) is 3.02. The molecule has 0 saturated carbocycles. The van der Waals surface area contributed by atoms with Crippen LogP contribution in [0, 0.1) is 0 Å². The number of nitrogens with two attached hydrogens (primary N) is 1. The number of carboxylic acid groups (broad SMARTS) is 1. The summed E-state index contributed by atoms with van der Waals surface area (Å²) in [5.41, 5.74) is 6.65. The zero-order valence-electron chi connectivity index (χ0n) is 8.85. The van der Waals surface area contributed by atoms with Crippen LogP contribution in [-0.2, 0) is 0 Å². The van der Waals surface area contributed by atoms with E-state index in [9.17, 15) is 4.79 Å². The van der Waals surface area contributed by atoms with Gasteiger partial charge in [0.05, 0.1) is 5.69 Å². The van der Waals surface area contributed by atoms with Gasteiger partial charge in [-0.15, -0.1) is 0 Å². The molecule has 1 fully saturated rings. The number of rotatable bonds is 2. The van der Waals surface area contributed by atoms with E-state index in [0.717, 1.165) is 17.9 Å². The largest absolute Gasteiger partial charge is 0.476 e. The Kier molecular flexibility index (Phi) is 3.33. The van der Waals surface area contributed by atoms with Crippen molar-refractivity contribution in [1.82, 2.24) is 4.98 Å². The van der Waals surface area contributed by atoms with Crippen molar-refractivity contribution < 1.29 is 9.90 Å². The molecule has 0 radical (unpaired) electrons. The van der Waals surface area contributed by atoms with Gasteiger partial charge in [0, 0.05) is 17.4 Å². The van der Waals surface area contributed by atoms with Crippen LogP contribution in [0.4, 0.5) is 5.69 Å². The lowest BCUT2D eigenvalue weighted by atomic mass is 10.0. The Balaban J connectivity index is 2.27. The maximum atomic E-state index is 10.9. The normalized spacial score (nSPS) is 20.6. The summed E-state index contributed by atoms with van der Waals surface area (Å²) in [5, 5.41) is 8.94. The minimum absolute atomic E-state index is 0.0203. The van der Waals surface area contributed by atoms with E-state index in [0.29, 0.717) is 5.92 Å². The number of aromatic nitrogens is 1. The van der Waals surface area contributed by atoms with Crippen LogP contribution in [-0.4, -0.2) is 27.6 Å². The third kappa shape index (κ3) is 2.29. The molecule has 0 bridgehead atoms. The molecule has 1 saturated heterocycles. The first-order valence-electron chi connectivity index (χ1n) is 5.26. The summed E-state index contributed by atoms with van der Waals surface area (Å²) in [7, 11) is 0. The number of nitrogen functional groups attached to an aromatic ring is 1. The van der Waals surface area contributed by atoms with Crippen LogP contribution in [0.5, 0.6) is 0 Å².